The first-order chi connectivity index (χ1) is 9.97. The second-order valence-corrected chi connectivity index (χ2v) is 5.63. The number of aryl methyl sites for hydroxylation is 2. The van der Waals surface area contributed by atoms with E-state index in [1.54, 1.807) is 11.0 Å². The molecule has 0 saturated carbocycles. The van der Waals surface area contributed by atoms with Crippen molar-refractivity contribution < 1.29 is 14.7 Å². The summed E-state index contributed by atoms with van der Waals surface area (Å²) in [6.45, 7) is 5.10. The average Bonchev–Trinajstić information content (AvgIpc) is 2.46. The second-order valence-electron chi connectivity index (χ2n) is 5.63. The Balaban J connectivity index is 1.95. The third kappa shape index (κ3) is 3.94. The highest BCUT2D eigenvalue weighted by Gasteiger charge is 2.25. The number of carbonyl (C=O) groups is 2. The molecule has 1 heterocycles. The molecule has 1 aliphatic heterocycles. The van der Waals surface area contributed by atoms with Gasteiger partial charge in [-0.05, 0) is 43.9 Å². The smallest absolute Gasteiger partial charge is 0.306 e. The summed E-state index contributed by atoms with van der Waals surface area (Å²) in [6.07, 6.45) is 4.50. The van der Waals surface area contributed by atoms with Gasteiger partial charge >= 0.3 is 5.97 Å². The van der Waals surface area contributed by atoms with E-state index in [0.717, 1.165) is 11.1 Å². The Morgan fingerprint density at radius 1 is 1.24 bits per heavy atom. The first-order valence-corrected chi connectivity index (χ1v) is 7.24. The highest BCUT2D eigenvalue weighted by atomic mass is 16.4. The van der Waals surface area contributed by atoms with Gasteiger partial charge in [0.05, 0.1) is 5.92 Å². The van der Waals surface area contributed by atoms with Crippen molar-refractivity contribution in [2.24, 2.45) is 5.92 Å². The van der Waals surface area contributed by atoms with E-state index in [2.05, 4.69) is 6.07 Å². The first kappa shape index (κ1) is 15.3. The number of aliphatic carboxylic acids is 1. The van der Waals surface area contributed by atoms with Crippen LogP contribution in [0.5, 0.6) is 0 Å². The first-order valence-electron chi connectivity index (χ1n) is 7.24. The number of hydrogen-bond acceptors (Lipinski definition) is 2. The summed E-state index contributed by atoms with van der Waals surface area (Å²) in [7, 11) is 0. The largest absolute Gasteiger partial charge is 0.481 e. The summed E-state index contributed by atoms with van der Waals surface area (Å²) in [5.74, 6) is -1.11. The van der Waals surface area contributed by atoms with E-state index < -0.39 is 5.97 Å². The van der Waals surface area contributed by atoms with E-state index in [0.29, 0.717) is 25.9 Å². The molecule has 1 aliphatic rings. The van der Waals surface area contributed by atoms with E-state index >= 15 is 0 Å². The van der Waals surface area contributed by atoms with Crippen LogP contribution in [0, 0.1) is 19.8 Å². The zero-order valence-corrected chi connectivity index (χ0v) is 12.5. The highest BCUT2D eigenvalue weighted by molar-refractivity contribution is 5.92. The zero-order valence-electron chi connectivity index (χ0n) is 12.5. The van der Waals surface area contributed by atoms with Gasteiger partial charge in [-0.1, -0.05) is 23.8 Å². The van der Waals surface area contributed by atoms with Gasteiger partial charge in [0.1, 0.15) is 0 Å². The van der Waals surface area contributed by atoms with Gasteiger partial charge in [-0.25, -0.2) is 0 Å². The molecule has 0 atom stereocenters. The van der Waals surface area contributed by atoms with Crippen molar-refractivity contribution in [3.63, 3.8) is 0 Å². The van der Waals surface area contributed by atoms with Crippen molar-refractivity contribution in [2.45, 2.75) is 26.7 Å². The predicted octanol–water partition coefficient (Wildman–Crippen LogP) is 2.64. The molecule has 1 N–H and O–H groups in total. The van der Waals surface area contributed by atoms with Crippen molar-refractivity contribution in [3.8, 4) is 0 Å². The molecule has 4 nitrogen and oxygen atoms in total. The molecule has 1 amide bonds. The monoisotopic (exact) mass is 287 g/mol. The lowest BCUT2D eigenvalue weighted by atomic mass is 9.97. The van der Waals surface area contributed by atoms with Crippen molar-refractivity contribution in [1.82, 2.24) is 4.90 Å². The van der Waals surface area contributed by atoms with Crippen molar-refractivity contribution in [3.05, 3.63) is 41.0 Å². The molecule has 1 fully saturated rings. The normalized spacial score (nSPS) is 16.4. The van der Waals surface area contributed by atoms with Crippen LogP contribution in [0.25, 0.3) is 6.08 Å². The number of rotatable bonds is 3. The molecule has 0 aliphatic carbocycles. The van der Waals surface area contributed by atoms with E-state index in [1.807, 2.05) is 32.1 Å². The van der Waals surface area contributed by atoms with Gasteiger partial charge in [0.2, 0.25) is 5.91 Å². The fourth-order valence-electron chi connectivity index (χ4n) is 2.63. The molecule has 4 heteroatoms. The number of benzene rings is 1. The predicted molar refractivity (Wildman–Crippen MR) is 81.9 cm³/mol. The van der Waals surface area contributed by atoms with E-state index in [4.69, 9.17) is 5.11 Å². The standard InChI is InChI=1S/C17H21NO3/c1-12-3-4-14(13(2)11-12)5-6-16(19)18-9-7-15(8-10-18)17(20)21/h3-6,11,15H,7-10H2,1-2H3,(H,20,21)/b6-5+. The van der Waals surface area contributed by atoms with Gasteiger partial charge in [0.25, 0.3) is 0 Å². The summed E-state index contributed by atoms with van der Waals surface area (Å²) in [5.41, 5.74) is 3.38. The average molecular weight is 287 g/mol. The van der Waals surface area contributed by atoms with E-state index in [1.165, 1.54) is 5.56 Å². The minimum absolute atomic E-state index is 0.0428. The molecule has 2 rings (SSSR count). The van der Waals surface area contributed by atoms with Gasteiger partial charge in [-0.3, -0.25) is 9.59 Å². The lowest BCUT2D eigenvalue weighted by Gasteiger charge is -2.29. The van der Waals surface area contributed by atoms with Crippen molar-refractivity contribution in [2.75, 3.05) is 13.1 Å². The molecule has 1 aromatic rings. The SMILES string of the molecule is Cc1ccc(/C=C/C(=O)N2CCC(C(=O)O)CC2)c(C)c1. The Morgan fingerprint density at radius 2 is 1.90 bits per heavy atom. The summed E-state index contributed by atoms with van der Waals surface area (Å²) in [6, 6.07) is 6.11. The Bertz CT molecular complexity index is 569. The number of piperidine rings is 1. The van der Waals surface area contributed by atoms with Gasteiger partial charge in [0, 0.05) is 19.2 Å². The maximum atomic E-state index is 12.1. The van der Waals surface area contributed by atoms with Gasteiger partial charge in [0.15, 0.2) is 0 Å². The van der Waals surface area contributed by atoms with Crippen LogP contribution < -0.4 is 0 Å². The number of hydrogen-bond donors (Lipinski definition) is 1. The van der Waals surface area contributed by atoms with Crippen molar-refractivity contribution >= 4 is 18.0 Å². The number of carboxylic acid groups (broad SMARTS) is 1. The highest BCUT2D eigenvalue weighted by Crippen LogP contribution is 2.18. The molecule has 21 heavy (non-hydrogen) atoms. The fraction of sp³-hybridized carbons (Fsp3) is 0.412. The topological polar surface area (TPSA) is 57.6 Å². The van der Waals surface area contributed by atoms with Crippen LogP contribution in [-0.4, -0.2) is 35.0 Å². The number of nitrogens with zero attached hydrogens (tertiary/aromatic N) is 1. The Hall–Kier alpha value is -2.10. The fourth-order valence-corrected chi connectivity index (χ4v) is 2.63. The van der Waals surface area contributed by atoms with Crippen LogP contribution in [-0.2, 0) is 9.59 Å². The molecule has 0 unspecified atom stereocenters. The van der Waals surface area contributed by atoms with Crippen LogP contribution in [0.1, 0.15) is 29.5 Å². The molecule has 0 aromatic heterocycles. The summed E-state index contributed by atoms with van der Waals surface area (Å²) >= 11 is 0. The quantitative estimate of drug-likeness (QED) is 0.869. The second kappa shape index (κ2) is 6.57. The molecule has 0 bridgehead atoms. The lowest BCUT2D eigenvalue weighted by molar-refractivity contribution is -0.144. The zero-order chi connectivity index (χ0) is 15.4. The van der Waals surface area contributed by atoms with E-state index in [-0.39, 0.29) is 11.8 Å². The van der Waals surface area contributed by atoms with Gasteiger partial charge in [-0.15, -0.1) is 0 Å². The molecule has 112 valence electrons. The minimum Gasteiger partial charge on any atom is -0.481 e. The molecular formula is C17H21NO3. The summed E-state index contributed by atoms with van der Waals surface area (Å²) in [5, 5.41) is 8.95. The maximum Gasteiger partial charge on any atom is 0.306 e. The molecule has 0 radical (unpaired) electrons. The maximum absolute atomic E-state index is 12.1. The Labute approximate surface area is 125 Å². The third-order valence-corrected chi connectivity index (χ3v) is 3.99. The molecular weight excluding hydrogens is 266 g/mol. The summed E-state index contributed by atoms with van der Waals surface area (Å²) < 4.78 is 0. The van der Waals surface area contributed by atoms with E-state index in [9.17, 15) is 9.59 Å². The third-order valence-electron chi connectivity index (χ3n) is 3.99. The van der Waals surface area contributed by atoms with Gasteiger partial charge < -0.3 is 10.0 Å². The van der Waals surface area contributed by atoms with Crippen LogP contribution in [0.4, 0.5) is 0 Å². The molecule has 1 saturated heterocycles. The molecule has 0 spiro atoms. The number of amides is 1. The van der Waals surface area contributed by atoms with Crippen LogP contribution >= 0.6 is 0 Å². The van der Waals surface area contributed by atoms with Crippen molar-refractivity contribution in [1.29, 1.82) is 0 Å². The lowest BCUT2D eigenvalue weighted by Crippen LogP contribution is -2.39. The summed E-state index contributed by atoms with van der Waals surface area (Å²) in [4.78, 5) is 24.7. The number of likely N-dealkylation sites (tertiary alicyclic amines) is 1. The minimum atomic E-state index is -0.757. The van der Waals surface area contributed by atoms with Crippen LogP contribution in [0.3, 0.4) is 0 Å². The Morgan fingerprint density at radius 3 is 2.48 bits per heavy atom. The van der Waals surface area contributed by atoms with Gasteiger partial charge in [-0.2, -0.15) is 0 Å². The Kier molecular flexibility index (Phi) is 4.78. The van der Waals surface area contributed by atoms with Crippen LogP contribution in [0.2, 0.25) is 0 Å². The van der Waals surface area contributed by atoms with Crippen LogP contribution in [0.15, 0.2) is 24.3 Å². The number of carboxylic acids is 1. The molecule has 1 aromatic carbocycles. The number of carbonyl (C=O) groups excluding carboxylic acids is 1.